The molecule has 2 bridgehead atoms. The molecule has 1 saturated carbocycles. The molecular formula is C13H20. The summed E-state index contributed by atoms with van der Waals surface area (Å²) in [5.41, 5.74) is 0.645. The Morgan fingerprint density at radius 2 is 2.38 bits per heavy atom. The second-order valence-electron chi connectivity index (χ2n) is 4.76. The molecule has 2 aliphatic rings. The Morgan fingerprint density at radius 1 is 1.46 bits per heavy atom. The molecule has 2 atom stereocenters. The first kappa shape index (κ1) is 9.05. The molecule has 2 rings (SSSR count). The van der Waals surface area contributed by atoms with E-state index in [9.17, 15) is 0 Å². The maximum atomic E-state index is 3.76. The summed E-state index contributed by atoms with van der Waals surface area (Å²) in [7, 11) is 0. The van der Waals surface area contributed by atoms with Crippen LogP contribution in [-0.4, -0.2) is 0 Å². The van der Waals surface area contributed by atoms with E-state index >= 15 is 0 Å². The summed E-state index contributed by atoms with van der Waals surface area (Å²) in [5, 5.41) is 0. The van der Waals surface area contributed by atoms with Gasteiger partial charge in [0, 0.05) is 0 Å². The third-order valence-corrected chi connectivity index (χ3v) is 3.74. The Kier molecular flexibility index (Phi) is 2.57. The molecule has 72 valence electrons. The maximum Gasteiger partial charge on any atom is -0.0112 e. The molecule has 2 aliphatic carbocycles. The molecule has 0 aromatic rings. The fourth-order valence-electron chi connectivity index (χ4n) is 2.93. The minimum Gasteiger partial charge on any atom is -0.103 e. The molecule has 0 heterocycles. The zero-order valence-corrected chi connectivity index (χ0v) is 8.47. The number of allylic oxidation sites excluding steroid dienone is 3. The molecule has 0 N–H and O–H groups in total. The van der Waals surface area contributed by atoms with Gasteiger partial charge < -0.3 is 0 Å². The van der Waals surface area contributed by atoms with E-state index in [2.05, 4.69) is 18.7 Å². The third-order valence-electron chi connectivity index (χ3n) is 3.74. The van der Waals surface area contributed by atoms with E-state index in [-0.39, 0.29) is 0 Å². The molecule has 0 aliphatic heterocycles. The highest BCUT2D eigenvalue weighted by Gasteiger charge is 2.39. The van der Waals surface area contributed by atoms with Gasteiger partial charge in [0.15, 0.2) is 0 Å². The second kappa shape index (κ2) is 3.69. The molecule has 13 heavy (non-hydrogen) atoms. The summed E-state index contributed by atoms with van der Waals surface area (Å²) >= 11 is 0. The quantitative estimate of drug-likeness (QED) is 0.437. The standard InChI is InChI=1S/C13H20/c1-2-3-4-5-8-13-9-6-12(11-13)7-10-13/h2,6,9,12H,1,3-5,7-8,10-11H2. The number of hydrogen-bond donors (Lipinski definition) is 0. The van der Waals surface area contributed by atoms with Crippen molar-refractivity contribution in [3.63, 3.8) is 0 Å². The summed E-state index contributed by atoms with van der Waals surface area (Å²) in [6, 6.07) is 0. The van der Waals surface area contributed by atoms with Gasteiger partial charge in [-0.3, -0.25) is 0 Å². The first-order valence-electron chi connectivity index (χ1n) is 5.65. The van der Waals surface area contributed by atoms with Gasteiger partial charge in [-0.2, -0.15) is 0 Å². The lowest BCUT2D eigenvalue weighted by Crippen LogP contribution is -2.10. The van der Waals surface area contributed by atoms with Crippen LogP contribution < -0.4 is 0 Å². The maximum absolute atomic E-state index is 3.76. The van der Waals surface area contributed by atoms with Crippen LogP contribution in [0.25, 0.3) is 0 Å². The molecule has 0 heteroatoms. The number of hydrogen-bond acceptors (Lipinski definition) is 0. The van der Waals surface area contributed by atoms with Gasteiger partial charge in [-0.05, 0) is 49.9 Å². The van der Waals surface area contributed by atoms with Gasteiger partial charge in [0.25, 0.3) is 0 Å². The van der Waals surface area contributed by atoms with Crippen molar-refractivity contribution in [3.05, 3.63) is 24.8 Å². The van der Waals surface area contributed by atoms with Gasteiger partial charge in [-0.25, -0.2) is 0 Å². The molecule has 0 aromatic carbocycles. The first-order valence-corrected chi connectivity index (χ1v) is 5.65. The predicted molar refractivity (Wildman–Crippen MR) is 57.6 cm³/mol. The molecule has 1 fully saturated rings. The molecule has 0 nitrogen and oxygen atoms in total. The van der Waals surface area contributed by atoms with Gasteiger partial charge in [0.2, 0.25) is 0 Å². The van der Waals surface area contributed by atoms with Crippen molar-refractivity contribution in [2.45, 2.75) is 44.9 Å². The Balaban J connectivity index is 1.75. The summed E-state index contributed by atoms with van der Waals surface area (Å²) in [6.45, 7) is 3.76. The highest BCUT2D eigenvalue weighted by molar-refractivity contribution is 5.15. The van der Waals surface area contributed by atoms with Gasteiger partial charge >= 0.3 is 0 Å². The SMILES string of the molecule is C=CCCCCC12C=CC(CC1)C2. The normalized spacial score (nSPS) is 35.5. The van der Waals surface area contributed by atoms with Crippen LogP contribution >= 0.6 is 0 Å². The van der Waals surface area contributed by atoms with Crippen LogP contribution in [0.15, 0.2) is 24.8 Å². The van der Waals surface area contributed by atoms with Gasteiger partial charge in [0.05, 0.1) is 0 Å². The van der Waals surface area contributed by atoms with Gasteiger partial charge in [-0.1, -0.05) is 24.6 Å². The van der Waals surface area contributed by atoms with Crippen molar-refractivity contribution >= 4 is 0 Å². The van der Waals surface area contributed by atoms with E-state index in [0.29, 0.717) is 5.41 Å². The van der Waals surface area contributed by atoms with Crippen molar-refractivity contribution < 1.29 is 0 Å². The van der Waals surface area contributed by atoms with Crippen molar-refractivity contribution in [1.82, 2.24) is 0 Å². The molecule has 0 spiro atoms. The summed E-state index contributed by atoms with van der Waals surface area (Å²) in [5.74, 6) is 0.944. The molecule has 0 saturated heterocycles. The minimum atomic E-state index is 0.645. The van der Waals surface area contributed by atoms with Crippen LogP contribution in [0.4, 0.5) is 0 Å². The van der Waals surface area contributed by atoms with Crippen molar-refractivity contribution in [2.24, 2.45) is 11.3 Å². The van der Waals surface area contributed by atoms with E-state index in [0.717, 1.165) is 5.92 Å². The average molecular weight is 176 g/mol. The second-order valence-corrected chi connectivity index (χ2v) is 4.76. The zero-order valence-electron chi connectivity index (χ0n) is 8.47. The first-order chi connectivity index (χ1) is 6.35. The largest absolute Gasteiger partial charge is 0.103 e. The molecule has 0 aromatic heterocycles. The summed E-state index contributed by atoms with van der Waals surface area (Å²) < 4.78 is 0. The van der Waals surface area contributed by atoms with Crippen LogP contribution in [0.2, 0.25) is 0 Å². The van der Waals surface area contributed by atoms with E-state index in [1.54, 1.807) is 0 Å². The van der Waals surface area contributed by atoms with Crippen LogP contribution in [-0.2, 0) is 0 Å². The fraction of sp³-hybridized carbons (Fsp3) is 0.692. The van der Waals surface area contributed by atoms with Crippen LogP contribution in [0.1, 0.15) is 44.9 Å². The summed E-state index contributed by atoms with van der Waals surface area (Å²) in [4.78, 5) is 0. The minimum absolute atomic E-state index is 0.645. The van der Waals surface area contributed by atoms with Crippen LogP contribution in [0, 0.1) is 11.3 Å². The van der Waals surface area contributed by atoms with Gasteiger partial charge in [-0.15, -0.1) is 6.58 Å². The highest BCUT2D eigenvalue weighted by atomic mass is 14.4. The zero-order chi connectivity index (χ0) is 9.15. The van der Waals surface area contributed by atoms with E-state index in [1.807, 2.05) is 6.08 Å². The smallest absolute Gasteiger partial charge is 0.0112 e. The van der Waals surface area contributed by atoms with Crippen molar-refractivity contribution in [3.8, 4) is 0 Å². The lowest BCUT2D eigenvalue weighted by molar-refractivity contribution is 0.354. The van der Waals surface area contributed by atoms with Crippen LogP contribution in [0.3, 0.4) is 0 Å². The van der Waals surface area contributed by atoms with Crippen molar-refractivity contribution in [1.29, 1.82) is 0 Å². The lowest BCUT2D eigenvalue weighted by Gasteiger charge is -2.22. The van der Waals surface area contributed by atoms with Gasteiger partial charge in [0.1, 0.15) is 0 Å². The fourth-order valence-corrected chi connectivity index (χ4v) is 2.93. The van der Waals surface area contributed by atoms with E-state index < -0.39 is 0 Å². The molecule has 0 radical (unpaired) electrons. The lowest BCUT2D eigenvalue weighted by atomic mass is 9.82. The number of rotatable bonds is 5. The van der Waals surface area contributed by atoms with Crippen molar-refractivity contribution in [2.75, 3.05) is 0 Å². The molecule has 2 unspecified atom stereocenters. The molecular weight excluding hydrogens is 156 g/mol. The topological polar surface area (TPSA) is 0 Å². The third kappa shape index (κ3) is 1.87. The Labute approximate surface area is 81.7 Å². The highest BCUT2D eigenvalue weighted by Crippen LogP contribution is 2.51. The monoisotopic (exact) mass is 176 g/mol. The van der Waals surface area contributed by atoms with E-state index in [4.69, 9.17) is 0 Å². The molecule has 0 amide bonds. The number of fused-ring (bicyclic) bond motifs is 2. The Morgan fingerprint density at radius 3 is 2.92 bits per heavy atom. The Hall–Kier alpha value is -0.520. The average Bonchev–Trinajstić information content (AvgIpc) is 2.72. The number of unbranched alkanes of at least 4 members (excludes halogenated alkanes) is 2. The predicted octanol–water partition coefficient (Wildman–Crippen LogP) is 4.09. The summed E-state index contributed by atoms with van der Waals surface area (Å²) in [6.07, 6.45) is 16.7. The van der Waals surface area contributed by atoms with E-state index in [1.165, 1.54) is 44.9 Å². The Bertz CT molecular complexity index is 214. The van der Waals surface area contributed by atoms with Crippen LogP contribution in [0.5, 0.6) is 0 Å².